The van der Waals surface area contributed by atoms with Gasteiger partial charge in [0.2, 0.25) is 0 Å². The summed E-state index contributed by atoms with van der Waals surface area (Å²) in [6.45, 7) is 3.59. The van der Waals surface area contributed by atoms with Crippen LogP contribution >= 0.6 is 15.9 Å². The highest BCUT2D eigenvalue weighted by molar-refractivity contribution is 9.10. The van der Waals surface area contributed by atoms with Gasteiger partial charge in [-0.1, -0.05) is 6.07 Å². The van der Waals surface area contributed by atoms with Crippen molar-refractivity contribution >= 4 is 28.2 Å². The second kappa shape index (κ2) is 6.39. The Balaban J connectivity index is 2.87. The maximum Gasteiger partial charge on any atom is 0.347 e. The van der Waals surface area contributed by atoms with Crippen molar-refractivity contribution in [2.24, 2.45) is 0 Å². The first-order chi connectivity index (χ1) is 8.10. The predicted molar refractivity (Wildman–Crippen MR) is 66.3 cm³/mol. The van der Waals surface area contributed by atoms with Crippen LogP contribution in [0.2, 0.25) is 0 Å². The van der Waals surface area contributed by atoms with Gasteiger partial charge in [0, 0.05) is 0 Å². The summed E-state index contributed by atoms with van der Waals surface area (Å²) in [4.78, 5) is 22.2. The molecule has 1 aromatic rings. The minimum atomic E-state index is -0.757. The van der Waals surface area contributed by atoms with Crippen LogP contribution in [-0.2, 0) is 9.53 Å². The van der Waals surface area contributed by atoms with Crippen LogP contribution in [0.25, 0.3) is 0 Å². The molecule has 0 bridgehead atoms. The molecule has 0 amide bonds. The summed E-state index contributed by atoms with van der Waals surface area (Å²) in [5, 5.41) is 0. The molecule has 0 saturated heterocycles. The molecule has 92 valence electrons. The summed E-state index contributed by atoms with van der Waals surface area (Å²) in [5.74, 6) is -0.108. The number of para-hydroxylation sites is 1. The van der Waals surface area contributed by atoms with Gasteiger partial charge in [0.05, 0.1) is 16.6 Å². The highest BCUT2D eigenvalue weighted by Gasteiger charge is 2.18. The average Bonchev–Trinajstić information content (AvgIpc) is 2.31. The van der Waals surface area contributed by atoms with Crippen LogP contribution in [0.4, 0.5) is 0 Å². The van der Waals surface area contributed by atoms with Gasteiger partial charge in [-0.2, -0.15) is 0 Å². The molecular weight excluding hydrogens is 288 g/mol. The van der Waals surface area contributed by atoms with Gasteiger partial charge in [-0.15, -0.1) is 0 Å². The van der Waals surface area contributed by atoms with Crippen molar-refractivity contribution in [3.05, 3.63) is 28.2 Å². The van der Waals surface area contributed by atoms with Crippen LogP contribution in [-0.4, -0.2) is 25.0 Å². The zero-order chi connectivity index (χ0) is 12.8. The molecule has 0 heterocycles. The van der Waals surface area contributed by atoms with Gasteiger partial charge in [-0.3, -0.25) is 4.79 Å². The number of halogens is 1. The Labute approximate surface area is 108 Å². The molecule has 1 atom stereocenters. The highest BCUT2D eigenvalue weighted by atomic mass is 79.9. The van der Waals surface area contributed by atoms with E-state index in [4.69, 9.17) is 9.47 Å². The lowest BCUT2D eigenvalue weighted by atomic mass is 10.2. The first-order valence-electron chi connectivity index (χ1n) is 5.17. The number of carbonyl (C=O) groups is 2. The van der Waals surface area contributed by atoms with Gasteiger partial charge < -0.3 is 9.47 Å². The van der Waals surface area contributed by atoms with Crippen LogP contribution in [0.15, 0.2) is 22.7 Å². The number of benzene rings is 1. The SMILES string of the molecule is CCOC(=O)C(C)Oc1c(Br)cccc1C=O. The molecule has 17 heavy (non-hydrogen) atoms. The van der Waals surface area contributed by atoms with Crippen molar-refractivity contribution in [1.29, 1.82) is 0 Å². The first-order valence-corrected chi connectivity index (χ1v) is 5.96. The molecule has 0 fully saturated rings. The van der Waals surface area contributed by atoms with Gasteiger partial charge >= 0.3 is 5.97 Å². The monoisotopic (exact) mass is 300 g/mol. The number of aldehydes is 1. The summed E-state index contributed by atoms with van der Waals surface area (Å²) in [7, 11) is 0. The van der Waals surface area contributed by atoms with Gasteiger partial charge in [-0.05, 0) is 41.9 Å². The summed E-state index contributed by atoms with van der Waals surface area (Å²) < 4.78 is 10.9. The van der Waals surface area contributed by atoms with E-state index in [0.29, 0.717) is 28.7 Å². The fraction of sp³-hybridized carbons (Fsp3) is 0.333. The first kappa shape index (κ1) is 13.7. The maximum atomic E-state index is 11.4. The van der Waals surface area contributed by atoms with Crippen molar-refractivity contribution < 1.29 is 19.1 Å². The summed E-state index contributed by atoms with van der Waals surface area (Å²) in [6, 6.07) is 5.07. The van der Waals surface area contributed by atoms with Gasteiger partial charge in [0.15, 0.2) is 12.4 Å². The number of hydrogen-bond acceptors (Lipinski definition) is 4. The largest absolute Gasteiger partial charge is 0.477 e. The molecule has 5 heteroatoms. The van der Waals surface area contributed by atoms with Crippen LogP contribution < -0.4 is 4.74 Å². The smallest absolute Gasteiger partial charge is 0.347 e. The Morgan fingerprint density at radius 3 is 2.82 bits per heavy atom. The molecule has 0 aliphatic carbocycles. The number of carbonyl (C=O) groups excluding carboxylic acids is 2. The average molecular weight is 301 g/mol. The zero-order valence-corrected chi connectivity index (χ0v) is 11.2. The van der Waals surface area contributed by atoms with Gasteiger partial charge in [0.1, 0.15) is 5.75 Å². The van der Waals surface area contributed by atoms with E-state index in [1.165, 1.54) is 0 Å². The molecule has 1 rings (SSSR count). The van der Waals surface area contributed by atoms with E-state index in [0.717, 1.165) is 0 Å². The molecule has 0 radical (unpaired) electrons. The Morgan fingerprint density at radius 1 is 1.53 bits per heavy atom. The van der Waals surface area contributed by atoms with Crippen molar-refractivity contribution in [3.63, 3.8) is 0 Å². The van der Waals surface area contributed by atoms with E-state index in [-0.39, 0.29) is 0 Å². The zero-order valence-electron chi connectivity index (χ0n) is 9.60. The van der Waals surface area contributed by atoms with Crippen LogP contribution in [0.3, 0.4) is 0 Å². The highest BCUT2D eigenvalue weighted by Crippen LogP contribution is 2.29. The quantitative estimate of drug-likeness (QED) is 0.619. The van der Waals surface area contributed by atoms with E-state index < -0.39 is 12.1 Å². The van der Waals surface area contributed by atoms with E-state index in [1.54, 1.807) is 32.0 Å². The van der Waals surface area contributed by atoms with Crippen molar-refractivity contribution in [3.8, 4) is 5.75 Å². The standard InChI is InChI=1S/C12H13BrO4/c1-3-16-12(15)8(2)17-11-9(7-14)5-4-6-10(11)13/h4-8H,3H2,1-2H3. The minimum Gasteiger partial charge on any atom is -0.477 e. The third-order valence-electron chi connectivity index (χ3n) is 2.04. The Morgan fingerprint density at radius 2 is 2.24 bits per heavy atom. The van der Waals surface area contributed by atoms with E-state index in [2.05, 4.69) is 15.9 Å². The van der Waals surface area contributed by atoms with E-state index in [1.807, 2.05) is 0 Å². The molecule has 1 aromatic carbocycles. The summed E-state index contributed by atoms with van der Waals surface area (Å²) in [6.07, 6.45) is -0.0785. The molecule has 0 aliphatic rings. The summed E-state index contributed by atoms with van der Waals surface area (Å²) >= 11 is 3.27. The molecule has 0 spiro atoms. The molecule has 0 aromatic heterocycles. The lowest BCUT2D eigenvalue weighted by Crippen LogP contribution is -2.26. The molecule has 0 aliphatic heterocycles. The fourth-order valence-corrected chi connectivity index (χ4v) is 1.70. The minimum absolute atomic E-state index is 0.295. The lowest BCUT2D eigenvalue weighted by Gasteiger charge is -2.15. The fourth-order valence-electron chi connectivity index (χ4n) is 1.23. The van der Waals surface area contributed by atoms with Crippen LogP contribution in [0, 0.1) is 0 Å². The van der Waals surface area contributed by atoms with Gasteiger partial charge in [0.25, 0.3) is 0 Å². The number of ether oxygens (including phenoxy) is 2. The Bertz CT molecular complexity index is 417. The number of rotatable bonds is 5. The number of esters is 1. The molecule has 0 N–H and O–H groups in total. The normalized spacial score (nSPS) is 11.7. The predicted octanol–water partition coefficient (Wildman–Crippen LogP) is 2.59. The van der Waals surface area contributed by atoms with Crippen LogP contribution in [0.5, 0.6) is 5.75 Å². The maximum absolute atomic E-state index is 11.4. The Hall–Kier alpha value is -1.36. The van der Waals surface area contributed by atoms with Crippen molar-refractivity contribution in [2.45, 2.75) is 20.0 Å². The van der Waals surface area contributed by atoms with Crippen molar-refractivity contribution in [1.82, 2.24) is 0 Å². The third-order valence-corrected chi connectivity index (χ3v) is 2.66. The molecule has 0 saturated carbocycles. The molecular formula is C12H13BrO4. The van der Waals surface area contributed by atoms with Gasteiger partial charge in [-0.25, -0.2) is 4.79 Å². The van der Waals surface area contributed by atoms with E-state index >= 15 is 0 Å². The molecule has 1 unspecified atom stereocenters. The van der Waals surface area contributed by atoms with E-state index in [9.17, 15) is 9.59 Å². The topological polar surface area (TPSA) is 52.6 Å². The molecule has 4 nitrogen and oxygen atoms in total. The Kier molecular flexibility index (Phi) is 5.15. The van der Waals surface area contributed by atoms with Crippen LogP contribution in [0.1, 0.15) is 24.2 Å². The van der Waals surface area contributed by atoms with Crippen molar-refractivity contribution in [2.75, 3.05) is 6.61 Å². The lowest BCUT2D eigenvalue weighted by molar-refractivity contribution is -0.150. The second-order valence-electron chi connectivity index (χ2n) is 3.29. The summed E-state index contributed by atoms with van der Waals surface area (Å²) in [5.41, 5.74) is 0.385. The second-order valence-corrected chi connectivity index (χ2v) is 4.14. The third kappa shape index (κ3) is 3.56. The number of hydrogen-bond donors (Lipinski definition) is 0.